The molecule has 0 atom stereocenters. The van der Waals surface area contributed by atoms with Crippen LogP contribution in [0.1, 0.15) is 25.3 Å². The summed E-state index contributed by atoms with van der Waals surface area (Å²) in [6.07, 6.45) is 3.61. The minimum Gasteiger partial charge on any atom is -0.493 e. The van der Waals surface area contributed by atoms with Gasteiger partial charge in [-0.15, -0.1) is 0 Å². The van der Waals surface area contributed by atoms with Gasteiger partial charge in [0.25, 0.3) is 0 Å². The van der Waals surface area contributed by atoms with Crippen LogP contribution >= 0.6 is 23.2 Å². The van der Waals surface area contributed by atoms with Crippen LogP contribution in [0.2, 0.25) is 10.0 Å². The predicted molar refractivity (Wildman–Crippen MR) is 102 cm³/mol. The Balaban J connectivity index is 1.90. The average molecular weight is 378 g/mol. The van der Waals surface area contributed by atoms with Crippen molar-refractivity contribution in [2.45, 2.75) is 20.0 Å². The molecule has 0 saturated carbocycles. The Morgan fingerprint density at radius 1 is 1.12 bits per heavy atom. The van der Waals surface area contributed by atoms with Gasteiger partial charge in [0, 0.05) is 11.1 Å². The molecule has 0 amide bonds. The third-order valence-electron chi connectivity index (χ3n) is 3.39. The molecule has 130 valence electrons. The van der Waals surface area contributed by atoms with Crippen LogP contribution < -0.4 is 9.47 Å². The van der Waals surface area contributed by atoms with Gasteiger partial charge in [-0.3, -0.25) is 0 Å². The van der Waals surface area contributed by atoms with E-state index < -0.39 is 0 Å². The van der Waals surface area contributed by atoms with E-state index in [9.17, 15) is 0 Å². The molecular formula is C19H17Cl2NO3. The molecule has 0 radical (unpaired) electrons. The summed E-state index contributed by atoms with van der Waals surface area (Å²) < 4.78 is 16.8. The summed E-state index contributed by atoms with van der Waals surface area (Å²) >= 11 is 12.3. The first-order valence-corrected chi connectivity index (χ1v) is 8.50. The lowest BCUT2D eigenvalue weighted by molar-refractivity contribution is 0.230. The molecule has 0 saturated heterocycles. The van der Waals surface area contributed by atoms with E-state index in [4.69, 9.17) is 37.1 Å². The molecule has 1 aromatic heterocycles. The van der Waals surface area contributed by atoms with Crippen LogP contribution in [0.15, 0.2) is 34.7 Å². The van der Waals surface area contributed by atoms with Crippen LogP contribution in [-0.4, -0.2) is 18.2 Å². The smallest absolute Gasteiger partial charge is 0.220 e. The van der Waals surface area contributed by atoms with E-state index in [1.807, 2.05) is 26.0 Å². The number of halogens is 2. The zero-order valence-corrected chi connectivity index (χ0v) is 15.6. The van der Waals surface area contributed by atoms with E-state index in [1.165, 1.54) is 0 Å². The van der Waals surface area contributed by atoms with Gasteiger partial charge >= 0.3 is 0 Å². The monoisotopic (exact) mass is 377 g/mol. The second-order valence-corrected chi connectivity index (χ2v) is 6.54. The summed E-state index contributed by atoms with van der Waals surface area (Å²) in [5.74, 6) is 1.59. The molecule has 3 rings (SSSR count). The Labute approximate surface area is 156 Å². The first-order chi connectivity index (χ1) is 12.0. The molecular weight excluding hydrogens is 361 g/mol. The lowest BCUT2D eigenvalue weighted by atomic mass is 10.2. The van der Waals surface area contributed by atoms with Crippen molar-refractivity contribution in [3.63, 3.8) is 0 Å². The van der Waals surface area contributed by atoms with Crippen molar-refractivity contribution in [2.24, 2.45) is 0 Å². The number of oxazole rings is 1. The lowest BCUT2D eigenvalue weighted by Gasteiger charge is -2.15. The lowest BCUT2D eigenvalue weighted by Crippen LogP contribution is -2.07. The minimum atomic E-state index is -0.000588. The summed E-state index contributed by atoms with van der Waals surface area (Å²) in [4.78, 5) is 4.38. The number of hydrogen-bond acceptors (Lipinski definition) is 4. The van der Waals surface area contributed by atoms with Crippen LogP contribution in [0.25, 0.3) is 23.3 Å². The van der Waals surface area contributed by atoms with Crippen LogP contribution in [-0.2, 0) is 0 Å². The summed E-state index contributed by atoms with van der Waals surface area (Å²) in [5, 5.41) is 1.10. The molecule has 4 nitrogen and oxygen atoms in total. The number of ether oxygens (including phenoxy) is 2. The molecule has 0 N–H and O–H groups in total. The van der Waals surface area contributed by atoms with Gasteiger partial charge in [0.1, 0.15) is 5.52 Å². The first kappa shape index (κ1) is 17.6. The van der Waals surface area contributed by atoms with Gasteiger partial charge in [-0.25, -0.2) is 4.98 Å². The van der Waals surface area contributed by atoms with Crippen molar-refractivity contribution in [3.05, 3.63) is 51.8 Å². The highest BCUT2D eigenvalue weighted by Gasteiger charge is 2.13. The highest BCUT2D eigenvalue weighted by molar-refractivity contribution is 6.32. The number of benzene rings is 2. The molecule has 0 spiro atoms. The number of fused-ring (bicyclic) bond motifs is 1. The van der Waals surface area contributed by atoms with Crippen molar-refractivity contribution in [3.8, 4) is 11.5 Å². The molecule has 0 aliphatic heterocycles. The molecule has 0 aliphatic rings. The van der Waals surface area contributed by atoms with Crippen LogP contribution in [0.4, 0.5) is 0 Å². The number of aromatic nitrogens is 1. The molecule has 0 fully saturated rings. The Morgan fingerprint density at radius 2 is 1.92 bits per heavy atom. The molecule has 0 aliphatic carbocycles. The summed E-state index contributed by atoms with van der Waals surface area (Å²) in [6, 6.07) is 8.97. The molecule has 3 aromatic rings. The van der Waals surface area contributed by atoms with Crippen LogP contribution in [0.3, 0.4) is 0 Å². The number of rotatable bonds is 5. The Kier molecular flexibility index (Phi) is 5.21. The van der Waals surface area contributed by atoms with E-state index in [-0.39, 0.29) is 6.10 Å². The maximum atomic E-state index is 6.33. The average Bonchev–Trinajstić information content (AvgIpc) is 2.96. The van der Waals surface area contributed by atoms with E-state index in [0.717, 1.165) is 5.56 Å². The second-order valence-electron chi connectivity index (χ2n) is 5.70. The SMILES string of the molecule is COc1cc(C=Cc2nc3cc(Cl)ccc3o2)cc(Cl)c1OC(C)C. The van der Waals surface area contributed by atoms with Gasteiger partial charge in [-0.2, -0.15) is 0 Å². The predicted octanol–water partition coefficient (Wildman–Crippen LogP) is 6.10. The third kappa shape index (κ3) is 4.09. The minimum absolute atomic E-state index is 0.000588. The van der Waals surface area contributed by atoms with E-state index in [2.05, 4.69) is 4.98 Å². The second kappa shape index (κ2) is 7.38. The van der Waals surface area contributed by atoms with Gasteiger partial charge in [0.05, 0.1) is 18.2 Å². The molecule has 0 unspecified atom stereocenters. The summed E-state index contributed by atoms with van der Waals surface area (Å²) in [5.41, 5.74) is 2.24. The van der Waals surface area contributed by atoms with Gasteiger partial charge in [0.2, 0.25) is 5.89 Å². The fourth-order valence-electron chi connectivity index (χ4n) is 2.34. The standard InChI is InChI=1S/C19H17Cl2NO3/c1-11(2)24-19-14(21)8-12(9-17(19)23-3)4-7-18-22-15-10-13(20)5-6-16(15)25-18/h4-11H,1-3H3. The van der Waals surface area contributed by atoms with Gasteiger partial charge in [-0.1, -0.05) is 23.2 Å². The topological polar surface area (TPSA) is 44.5 Å². The zero-order valence-electron chi connectivity index (χ0n) is 14.0. The van der Waals surface area contributed by atoms with Gasteiger partial charge in [-0.05, 0) is 55.8 Å². The quantitative estimate of drug-likeness (QED) is 0.538. The van der Waals surface area contributed by atoms with Crippen molar-refractivity contribution in [1.29, 1.82) is 0 Å². The molecule has 0 bridgehead atoms. The largest absolute Gasteiger partial charge is 0.493 e. The maximum Gasteiger partial charge on any atom is 0.220 e. The first-order valence-electron chi connectivity index (χ1n) is 7.74. The number of methoxy groups -OCH3 is 1. The fourth-order valence-corrected chi connectivity index (χ4v) is 2.77. The Bertz CT molecular complexity index is 932. The summed E-state index contributed by atoms with van der Waals surface area (Å²) in [6.45, 7) is 3.87. The fraction of sp³-hybridized carbons (Fsp3) is 0.211. The van der Waals surface area contributed by atoms with Crippen molar-refractivity contribution in [2.75, 3.05) is 7.11 Å². The van der Waals surface area contributed by atoms with Crippen LogP contribution in [0, 0.1) is 0 Å². The molecule has 6 heteroatoms. The molecule has 1 heterocycles. The number of hydrogen-bond donors (Lipinski definition) is 0. The van der Waals surface area contributed by atoms with Gasteiger partial charge in [0.15, 0.2) is 17.1 Å². The number of nitrogens with zero attached hydrogens (tertiary/aromatic N) is 1. The maximum absolute atomic E-state index is 6.33. The highest BCUT2D eigenvalue weighted by atomic mass is 35.5. The van der Waals surface area contributed by atoms with E-state index in [1.54, 1.807) is 37.5 Å². The van der Waals surface area contributed by atoms with Crippen LogP contribution in [0.5, 0.6) is 11.5 Å². The molecule has 25 heavy (non-hydrogen) atoms. The van der Waals surface area contributed by atoms with E-state index in [0.29, 0.717) is 38.5 Å². The summed E-state index contributed by atoms with van der Waals surface area (Å²) in [7, 11) is 1.58. The van der Waals surface area contributed by atoms with E-state index >= 15 is 0 Å². The Hall–Kier alpha value is -2.17. The molecule has 2 aromatic carbocycles. The van der Waals surface area contributed by atoms with Crippen molar-refractivity contribution in [1.82, 2.24) is 4.98 Å². The van der Waals surface area contributed by atoms with Crippen molar-refractivity contribution < 1.29 is 13.9 Å². The highest BCUT2D eigenvalue weighted by Crippen LogP contribution is 2.37. The van der Waals surface area contributed by atoms with Gasteiger partial charge < -0.3 is 13.9 Å². The Morgan fingerprint density at radius 3 is 2.64 bits per heavy atom. The van der Waals surface area contributed by atoms with Crippen molar-refractivity contribution >= 4 is 46.5 Å². The third-order valence-corrected chi connectivity index (χ3v) is 3.91. The normalized spacial score (nSPS) is 11.6. The zero-order chi connectivity index (χ0) is 18.0.